The Labute approximate surface area is 95.7 Å². The van der Waals surface area contributed by atoms with Gasteiger partial charge in [0.15, 0.2) is 0 Å². The van der Waals surface area contributed by atoms with Crippen LogP contribution in [-0.2, 0) is 6.42 Å². The van der Waals surface area contributed by atoms with Gasteiger partial charge in [-0.3, -0.25) is 0 Å². The molecule has 2 rings (SSSR count). The van der Waals surface area contributed by atoms with E-state index in [2.05, 4.69) is 13.0 Å². The summed E-state index contributed by atoms with van der Waals surface area (Å²) >= 11 is 0. The zero-order valence-corrected chi connectivity index (χ0v) is 9.52. The molecule has 0 radical (unpaired) electrons. The molecule has 2 atom stereocenters. The molecule has 1 heterocycles. The standard InChI is InChI=1S/C13H18O3/c1-9-5-6-12-10(7-9)3-2-4-13(16-12)11(15)8-14/h5-7,11,13-15H,2-4,8H2,1H3. The third-order valence-electron chi connectivity index (χ3n) is 3.05. The highest BCUT2D eigenvalue weighted by Gasteiger charge is 2.23. The van der Waals surface area contributed by atoms with Crippen LogP contribution in [0, 0.1) is 6.92 Å². The van der Waals surface area contributed by atoms with Gasteiger partial charge in [-0.15, -0.1) is 0 Å². The molecule has 0 spiro atoms. The monoisotopic (exact) mass is 222 g/mol. The van der Waals surface area contributed by atoms with Gasteiger partial charge in [-0.2, -0.15) is 0 Å². The fourth-order valence-electron chi connectivity index (χ4n) is 2.12. The summed E-state index contributed by atoms with van der Waals surface area (Å²) in [7, 11) is 0. The molecular formula is C13H18O3. The van der Waals surface area contributed by atoms with Gasteiger partial charge in [0.25, 0.3) is 0 Å². The summed E-state index contributed by atoms with van der Waals surface area (Å²) in [6.45, 7) is 1.82. The highest BCUT2D eigenvalue weighted by Crippen LogP contribution is 2.28. The zero-order chi connectivity index (χ0) is 11.5. The Morgan fingerprint density at radius 3 is 3.06 bits per heavy atom. The number of aryl methyl sites for hydroxylation is 2. The van der Waals surface area contributed by atoms with Crippen molar-refractivity contribution in [3.05, 3.63) is 29.3 Å². The molecular weight excluding hydrogens is 204 g/mol. The van der Waals surface area contributed by atoms with Gasteiger partial charge in [0, 0.05) is 0 Å². The number of hydrogen-bond acceptors (Lipinski definition) is 3. The zero-order valence-electron chi connectivity index (χ0n) is 9.52. The van der Waals surface area contributed by atoms with Crippen LogP contribution in [0.5, 0.6) is 5.75 Å². The van der Waals surface area contributed by atoms with E-state index in [1.807, 2.05) is 12.1 Å². The lowest BCUT2D eigenvalue weighted by Gasteiger charge is -2.21. The summed E-state index contributed by atoms with van der Waals surface area (Å²) in [6, 6.07) is 6.09. The van der Waals surface area contributed by atoms with Crippen LogP contribution in [0.4, 0.5) is 0 Å². The Balaban J connectivity index is 2.21. The Kier molecular flexibility index (Phi) is 3.46. The summed E-state index contributed by atoms with van der Waals surface area (Å²) in [5.41, 5.74) is 2.43. The summed E-state index contributed by atoms with van der Waals surface area (Å²) in [6.07, 6.45) is 1.68. The predicted molar refractivity (Wildman–Crippen MR) is 61.6 cm³/mol. The third kappa shape index (κ3) is 2.36. The number of aliphatic hydroxyl groups is 2. The third-order valence-corrected chi connectivity index (χ3v) is 3.05. The number of benzene rings is 1. The van der Waals surface area contributed by atoms with Crippen molar-refractivity contribution < 1.29 is 14.9 Å². The number of rotatable bonds is 2. The molecule has 0 bridgehead atoms. The average Bonchev–Trinajstić information content (AvgIpc) is 2.49. The van der Waals surface area contributed by atoms with Crippen LogP contribution in [-0.4, -0.2) is 29.0 Å². The minimum atomic E-state index is -0.785. The average molecular weight is 222 g/mol. The van der Waals surface area contributed by atoms with Crippen molar-refractivity contribution in [2.24, 2.45) is 0 Å². The van der Waals surface area contributed by atoms with Crippen LogP contribution in [0.3, 0.4) is 0 Å². The van der Waals surface area contributed by atoms with E-state index in [-0.39, 0.29) is 12.7 Å². The number of fused-ring (bicyclic) bond motifs is 1. The van der Waals surface area contributed by atoms with Crippen LogP contribution < -0.4 is 4.74 Å². The fourth-order valence-corrected chi connectivity index (χ4v) is 2.12. The van der Waals surface area contributed by atoms with E-state index in [0.717, 1.165) is 25.0 Å². The second kappa shape index (κ2) is 4.85. The lowest BCUT2D eigenvalue weighted by molar-refractivity contribution is -0.00292. The Morgan fingerprint density at radius 2 is 2.31 bits per heavy atom. The van der Waals surface area contributed by atoms with E-state index >= 15 is 0 Å². The van der Waals surface area contributed by atoms with Crippen molar-refractivity contribution in [3.63, 3.8) is 0 Å². The van der Waals surface area contributed by atoms with E-state index in [1.54, 1.807) is 0 Å². The van der Waals surface area contributed by atoms with E-state index in [9.17, 15) is 5.11 Å². The van der Waals surface area contributed by atoms with Gasteiger partial charge in [-0.25, -0.2) is 0 Å². The van der Waals surface area contributed by atoms with Crippen LogP contribution >= 0.6 is 0 Å². The maximum absolute atomic E-state index is 9.61. The predicted octanol–water partition coefficient (Wildman–Crippen LogP) is 1.43. The van der Waals surface area contributed by atoms with Crippen molar-refractivity contribution in [1.82, 2.24) is 0 Å². The molecule has 0 saturated carbocycles. The molecule has 0 aromatic heterocycles. The fraction of sp³-hybridized carbons (Fsp3) is 0.538. The lowest BCUT2D eigenvalue weighted by Crippen LogP contribution is -2.34. The van der Waals surface area contributed by atoms with E-state index < -0.39 is 6.10 Å². The van der Waals surface area contributed by atoms with Gasteiger partial charge in [0.1, 0.15) is 18.0 Å². The molecule has 88 valence electrons. The number of aliphatic hydroxyl groups excluding tert-OH is 2. The molecule has 1 aliphatic heterocycles. The molecule has 2 N–H and O–H groups in total. The molecule has 3 nitrogen and oxygen atoms in total. The van der Waals surface area contributed by atoms with Gasteiger partial charge in [-0.1, -0.05) is 17.7 Å². The van der Waals surface area contributed by atoms with E-state index in [1.165, 1.54) is 11.1 Å². The highest BCUT2D eigenvalue weighted by atomic mass is 16.5. The molecule has 1 aromatic carbocycles. The van der Waals surface area contributed by atoms with Crippen LogP contribution in [0.25, 0.3) is 0 Å². The Hall–Kier alpha value is -1.06. The molecule has 0 aliphatic carbocycles. The van der Waals surface area contributed by atoms with Gasteiger partial charge >= 0.3 is 0 Å². The second-order valence-electron chi connectivity index (χ2n) is 4.41. The molecule has 16 heavy (non-hydrogen) atoms. The van der Waals surface area contributed by atoms with Crippen molar-refractivity contribution in [1.29, 1.82) is 0 Å². The maximum atomic E-state index is 9.61. The van der Waals surface area contributed by atoms with E-state index in [4.69, 9.17) is 9.84 Å². The van der Waals surface area contributed by atoms with E-state index in [0.29, 0.717) is 0 Å². The summed E-state index contributed by atoms with van der Waals surface area (Å²) in [4.78, 5) is 0. The SMILES string of the molecule is Cc1ccc2c(c1)CCCC(C(O)CO)O2. The first kappa shape index (κ1) is 11.4. The van der Waals surface area contributed by atoms with Crippen LogP contribution in [0.1, 0.15) is 24.0 Å². The molecule has 2 unspecified atom stereocenters. The molecule has 3 heteroatoms. The molecule has 1 aliphatic rings. The van der Waals surface area contributed by atoms with Crippen molar-refractivity contribution >= 4 is 0 Å². The normalized spacial score (nSPS) is 21.8. The quantitative estimate of drug-likeness (QED) is 0.796. The maximum Gasteiger partial charge on any atom is 0.127 e. The van der Waals surface area contributed by atoms with Crippen molar-refractivity contribution in [3.8, 4) is 5.75 Å². The molecule has 0 amide bonds. The summed E-state index contributed by atoms with van der Waals surface area (Å²) < 4.78 is 5.75. The highest BCUT2D eigenvalue weighted by molar-refractivity contribution is 5.37. The first-order valence-electron chi connectivity index (χ1n) is 5.76. The van der Waals surface area contributed by atoms with Crippen LogP contribution in [0.2, 0.25) is 0 Å². The Bertz CT molecular complexity index is 362. The van der Waals surface area contributed by atoms with Crippen LogP contribution in [0.15, 0.2) is 18.2 Å². The number of ether oxygens (including phenoxy) is 1. The first-order chi connectivity index (χ1) is 7.70. The Morgan fingerprint density at radius 1 is 1.50 bits per heavy atom. The molecule has 1 aromatic rings. The number of hydrogen-bond donors (Lipinski definition) is 2. The van der Waals surface area contributed by atoms with Crippen molar-refractivity contribution in [2.45, 2.75) is 38.4 Å². The van der Waals surface area contributed by atoms with Crippen molar-refractivity contribution in [2.75, 3.05) is 6.61 Å². The summed E-state index contributed by atoms with van der Waals surface area (Å²) in [5, 5.41) is 18.6. The van der Waals surface area contributed by atoms with Gasteiger partial charge in [0.05, 0.1) is 6.61 Å². The van der Waals surface area contributed by atoms with Gasteiger partial charge in [-0.05, 0) is 37.8 Å². The largest absolute Gasteiger partial charge is 0.487 e. The smallest absolute Gasteiger partial charge is 0.127 e. The topological polar surface area (TPSA) is 49.7 Å². The van der Waals surface area contributed by atoms with Gasteiger partial charge < -0.3 is 14.9 Å². The van der Waals surface area contributed by atoms with Gasteiger partial charge in [0.2, 0.25) is 0 Å². The lowest BCUT2D eigenvalue weighted by atomic mass is 10.0. The first-order valence-corrected chi connectivity index (χ1v) is 5.76. The summed E-state index contributed by atoms with van der Waals surface area (Å²) in [5.74, 6) is 0.848. The molecule has 0 fully saturated rings. The molecule has 0 saturated heterocycles. The minimum absolute atomic E-state index is 0.244. The second-order valence-corrected chi connectivity index (χ2v) is 4.41. The minimum Gasteiger partial charge on any atom is -0.487 e.